The molecule has 0 bridgehead atoms. The van der Waals surface area contributed by atoms with E-state index < -0.39 is 10.0 Å². The van der Waals surface area contributed by atoms with Crippen LogP contribution in [0.5, 0.6) is 0 Å². The molecule has 3 aromatic heterocycles. The minimum atomic E-state index is -3.93. The average molecular weight is 502 g/mol. The number of fused-ring (bicyclic) bond motifs is 1. The highest BCUT2D eigenvalue weighted by atomic mass is 35.5. The van der Waals surface area contributed by atoms with Crippen LogP contribution in [0, 0.1) is 0 Å². The largest absolute Gasteiger partial charge is 0.335 e. The Kier molecular flexibility index (Phi) is 6.17. The summed E-state index contributed by atoms with van der Waals surface area (Å²) in [4.78, 5) is 15.1. The molecule has 0 saturated carbocycles. The Morgan fingerprint density at radius 2 is 1.66 bits per heavy atom. The molecule has 7 nitrogen and oxygen atoms in total. The van der Waals surface area contributed by atoms with Gasteiger partial charge in [0.25, 0.3) is 0 Å². The molecule has 0 unspecified atom stereocenters. The van der Waals surface area contributed by atoms with Gasteiger partial charge < -0.3 is 4.90 Å². The number of halogens is 1. The number of pyridine rings is 3. The van der Waals surface area contributed by atoms with Gasteiger partial charge in [-0.25, -0.2) is 18.5 Å². The predicted octanol–water partition coefficient (Wildman–Crippen LogP) is 5.33. The lowest BCUT2D eigenvalue weighted by Gasteiger charge is -2.26. The van der Waals surface area contributed by atoms with Gasteiger partial charge >= 0.3 is 0 Å². The van der Waals surface area contributed by atoms with Crippen LogP contribution in [0.2, 0.25) is 5.15 Å². The molecule has 5 rings (SSSR count). The van der Waals surface area contributed by atoms with Crippen molar-refractivity contribution >= 4 is 43.8 Å². The van der Waals surface area contributed by atoms with Crippen LogP contribution >= 0.6 is 11.6 Å². The summed E-state index contributed by atoms with van der Waals surface area (Å²) in [5, 5.41) is 7.21. The van der Waals surface area contributed by atoms with Gasteiger partial charge in [-0.2, -0.15) is 0 Å². The Bertz CT molecular complexity index is 1610. The normalized spacial score (nSPS) is 11.5. The molecule has 0 spiro atoms. The molecule has 0 amide bonds. The summed E-state index contributed by atoms with van der Waals surface area (Å²) in [7, 11) is -3.93. The number of para-hydroxylation sites is 1. The minimum Gasteiger partial charge on any atom is -0.335 e. The third-order valence-corrected chi connectivity index (χ3v) is 6.77. The number of nitrogens with zero attached hydrogens (tertiary/aromatic N) is 4. The first-order valence-corrected chi connectivity index (χ1v) is 12.6. The summed E-state index contributed by atoms with van der Waals surface area (Å²) < 4.78 is 23.8. The quantitative estimate of drug-likeness (QED) is 0.315. The van der Waals surface area contributed by atoms with Gasteiger partial charge in [0.1, 0.15) is 10.0 Å². The first-order chi connectivity index (χ1) is 16.9. The van der Waals surface area contributed by atoms with Crippen molar-refractivity contribution in [1.29, 1.82) is 0 Å². The van der Waals surface area contributed by atoms with Gasteiger partial charge in [0.05, 0.1) is 17.9 Å². The first kappa shape index (κ1) is 22.9. The summed E-state index contributed by atoms with van der Waals surface area (Å²) >= 11 is 6.54. The van der Waals surface area contributed by atoms with Crippen molar-refractivity contribution < 1.29 is 8.42 Å². The Balaban J connectivity index is 1.72. The van der Waals surface area contributed by atoms with Gasteiger partial charge in [-0.1, -0.05) is 48.0 Å². The molecular weight excluding hydrogens is 482 g/mol. The van der Waals surface area contributed by atoms with E-state index in [-0.39, 0.29) is 10.0 Å². The highest BCUT2D eigenvalue weighted by molar-refractivity contribution is 7.89. The van der Waals surface area contributed by atoms with Crippen molar-refractivity contribution in [1.82, 2.24) is 15.0 Å². The van der Waals surface area contributed by atoms with Crippen LogP contribution in [-0.4, -0.2) is 23.4 Å². The molecule has 0 aliphatic heterocycles. The molecule has 0 aliphatic rings. The van der Waals surface area contributed by atoms with Crippen molar-refractivity contribution in [2.45, 2.75) is 11.4 Å². The van der Waals surface area contributed by atoms with Crippen molar-refractivity contribution in [3.05, 3.63) is 108 Å². The summed E-state index contributed by atoms with van der Waals surface area (Å²) in [5.41, 5.74) is 3.88. The van der Waals surface area contributed by atoms with Gasteiger partial charge in [-0.15, -0.1) is 0 Å². The second kappa shape index (κ2) is 9.42. The molecule has 0 fully saturated rings. The second-order valence-corrected chi connectivity index (χ2v) is 9.78. The molecule has 0 saturated heterocycles. The lowest BCUT2D eigenvalue weighted by molar-refractivity contribution is 0.597. The summed E-state index contributed by atoms with van der Waals surface area (Å²) in [6.07, 6.45) is 6.25. The standard InChI is InChI=1S/C26H20ClN5O2S/c27-26-25(18-13-21(15-29-14-18)35(28,33)34)22-10-6-11-24(23(22)16-31-26)32(20-8-2-1-3-9-20)17-19-7-4-5-12-30-19/h1-16H,17H2,(H2,28,33,34). The van der Waals surface area contributed by atoms with E-state index in [0.717, 1.165) is 27.8 Å². The highest BCUT2D eigenvalue weighted by Crippen LogP contribution is 2.40. The molecule has 3 heterocycles. The van der Waals surface area contributed by atoms with Gasteiger partial charge in [0, 0.05) is 47.0 Å². The SMILES string of the molecule is NS(=O)(=O)c1cncc(-c2c(Cl)ncc3c(N(Cc4ccccn4)c4ccccc4)cccc23)c1. The van der Waals surface area contributed by atoms with Crippen LogP contribution in [0.25, 0.3) is 21.9 Å². The number of primary sulfonamides is 1. The van der Waals surface area contributed by atoms with E-state index in [1.807, 2.05) is 66.7 Å². The molecule has 2 N–H and O–H groups in total. The Morgan fingerprint density at radius 1 is 0.857 bits per heavy atom. The van der Waals surface area contributed by atoms with Gasteiger partial charge in [-0.05, 0) is 41.8 Å². The topological polar surface area (TPSA) is 102 Å². The fourth-order valence-corrected chi connectivity index (χ4v) is 4.76. The lowest BCUT2D eigenvalue weighted by Crippen LogP contribution is -2.17. The lowest BCUT2D eigenvalue weighted by atomic mass is 10.0. The number of hydrogen-bond acceptors (Lipinski definition) is 6. The Labute approximate surface area is 207 Å². The zero-order valence-corrected chi connectivity index (χ0v) is 20.0. The molecule has 9 heteroatoms. The fourth-order valence-electron chi connectivity index (χ4n) is 4.00. The van der Waals surface area contributed by atoms with Crippen LogP contribution in [0.3, 0.4) is 0 Å². The number of aromatic nitrogens is 3. The Morgan fingerprint density at radius 3 is 2.40 bits per heavy atom. The third-order valence-electron chi connectivity index (χ3n) is 5.60. The van der Waals surface area contributed by atoms with E-state index in [0.29, 0.717) is 17.7 Å². The maximum absolute atomic E-state index is 11.9. The van der Waals surface area contributed by atoms with Gasteiger partial charge in [0.2, 0.25) is 10.0 Å². The number of sulfonamides is 1. The number of anilines is 2. The van der Waals surface area contributed by atoms with Crippen molar-refractivity contribution in [2.24, 2.45) is 5.14 Å². The van der Waals surface area contributed by atoms with E-state index >= 15 is 0 Å². The molecular formula is C26H20ClN5O2S. The van der Waals surface area contributed by atoms with Crippen molar-refractivity contribution in [3.8, 4) is 11.1 Å². The molecule has 5 aromatic rings. The number of hydrogen-bond donors (Lipinski definition) is 1. The fraction of sp³-hybridized carbons (Fsp3) is 0.0385. The zero-order chi connectivity index (χ0) is 24.4. The van der Waals surface area contributed by atoms with Gasteiger partial charge in [-0.3, -0.25) is 9.97 Å². The third kappa shape index (κ3) is 4.72. The summed E-state index contributed by atoms with van der Waals surface area (Å²) in [6.45, 7) is 0.532. The number of rotatable bonds is 6. The number of benzene rings is 2. The molecule has 0 atom stereocenters. The molecule has 35 heavy (non-hydrogen) atoms. The molecule has 174 valence electrons. The van der Waals surface area contributed by atoms with Crippen molar-refractivity contribution in [2.75, 3.05) is 4.90 Å². The summed E-state index contributed by atoms with van der Waals surface area (Å²) in [6, 6.07) is 23.2. The highest BCUT2D eigenvalue weighted by Gasteiger charge is 2.19. The molecule has 0 aliphatic carbocycles. The van der Waals surface area contributed by atoms with Crippen LogP contribution in [0.4, 0.5) is 11.4 Å². The average Bonchev–Trinajstić information content (AvgIpc) is 2.87. The zero-order valence-electron chi connectivity index (χ0n) is 18.4. The van der Waals surface area contributed by atoms with Crippen LogP contribution in [-0.2, 0) is 16.6 Å². The van der Waals surface area contributed by atoms with E-state index in [1.54, 1.807) is 18.6 Å². The van der Waals surface area contributed by atoms with Crippen LogP contribution in [0.1, 0.15) is 5.69 Å². The van der Waals surface area contributed by atoms with Crippen LogP contribution in [0.15, 0.2) is 102 Å². The van der Waals surface area contributed by atoms with Gasteiger partial charge in [0.15, 0.2) is 0 Å². The first-order valence-electron chi connectivity index (χ1n) is 10.7. The van der Waals surface area contributed by atoms with E-state index in [2.05, 4.69) is 19.9 Å². The maximum Gasteiger partial charge on any atom is 0.239 e. The smallest absolute Gasteiger partial charge is 0.239 e. The van der Waals surface area contributed by atoms with E-state index in [1.165, 1.54) is 12.3 Å². The molecule has 2 aromatic carbocycles. The molecule has 0 radical (unpaired) electrons. The monoisotopic (exact) mass is 501 g/mol. The number of nitrogens with two attached hydrogens (primary N) is 1. The maximum atomic E-state index is 11.9. The van der Waals surface area contributed by atoms with E-state index in [4.69, 9.17) is 16.7 Å². The van der Waals surface area contributed by atoms with E-state index in [9.17, 15) is 8.42 Å². The van der Waals surface area contributed by atoms with Crippen molar-refractivity contribution in [3.63, 3.8) is 0 Å². The predicted molar refractivity (Wildman–Crippen MR) is 138 cm³/mol. The summed E-state index contributed by atoms with van der Waals surface area (Å²) in [5.74, 6) is 0. The Hall–Kier alpha value is -3.85. The second-order valence-electron chi connectivity index (χ2n) is 7.86. The minimum absolute atomic E-state index is 0.0970. The van der Waals surface area contributed by atoms with Crippen LogP contribution < -0.4 is 10.0 Å².